The van der Waals surface area contributed by atoms with Crippen LogP contribution in [-0.4, -0.2) is 23.9 Å². The third-order valence-electron chi connectivity index (χ3n) is 4.90. The first kappa shape index (κ1) is 20.7. The highest BCUT2D eigenvalue weighted by atomic mass is 35.5. The summed E-state index contributed by atoms with van der Waals surface area (Å²) < 4.78 is 39.5. The predicted octanol–water partition coefficient (Wildman–Crippen LogP) is 5.84. The zero-order valence-electron chi connectivity index (χ0n) is 15.5. The molecule has 1 aliphatic rings. The number of alkyl halides is 3. The highest BCUT2D eigenvalue weighted by Gasteiger charge is 2.34. The number of hydrogen-bond donors (Lipinski definition) is 1. The summed E-state index contributed by atoms with van der Waals surface area (Å²) in [7, 11) is 0. The van der Waals surface area contributed by atoms with Crippen molar-refractivity contribution in [3.05, 3.63) is 64.2 Å². The van der Waals surface area contributed by atoms with E-state index in [0.717, 1.165) is 37.3 Å². The summed E-state index contributed by atoms with van der Waals surface area (Å²) in [5.74, 6) is 0.0898. The molecule has 2 aromatic rings. The molecule has 7 heteroatoms. The van der Waals surface area contributed by atoms with Gasteiger partial charge in [-0.1, -0.05) is 30.7 Å². The van der Waals surface area contributed by atoms with Gasteiger partial charge in [-0.15, -0.1) is 0 Å². The van der Waals surface area contributed by atoms with Crippen molar-refractivity contribution in [2.75, 3.05) is 18.4 Å². The van der Waals surface area contributed by atoms with Crippen molar-refractivity contribution in [3.63, 3.8) is 0 Å². The van der Waals surface area contributed by atoms with Crippen LogP contribution in [0.15, 0.2) is 42.5 Å². The summed E-state index contributed by atoms with van der Waals surface area (Å²) in [5.41, 5.74) is 0.101. The molecule has 3 rings (SSSR count). The highest BCUT2D eigenvalue weighted by molar-refractivity contribution is 6.30. The van der Waals surface area contributed by atoms with Crippen LogP contribution in [0.3, 0.4) is 0 Å². The normalized spacial score (nSPS) is 18.1. The van der Waals surface area contributed by atoms with Gasteiger partial charge in [-0.3, -0.25) is 9.69 Å². The van der Waals surface area contributed by atoms with Gasteiger partial charge >= 0.3 is 6.18 Å². The van der Waals surface area contributed by atoms with Crippen molar-refractivity contribution in [1.29, 1.82) is 0 Å². The number of halogens is 4. The van der Waals surface area contributed by atoms with Gasteiger partial charge in [0, 0.05) is 23.7 Å². The van der Waals surface area contributed by atoms with Gasteiger partial charge in [-0.2, -0.15) is 13.2 Å². The number of nitrogens with one attached hydrogen (secondary N) is 1. The van der Waals surface area contributed by atoms with Crippen LogP contribution in [0.1, 0.15) is 41.3 Å². The Balaban J connectivity index is 1.69. The van der Waals surface area contributed by atoms with E-state index in [1.807, 2.05) is 12.1 Å². The van der Waals surface area contributed by atoms with Crippen LogP contribution in [0.2, 0.25) is 5.02 Å². The van der Waals surface area contributed by atoms with Crippen LogP contribution >= 0.6 is 11.6 Å². The van der Waals surface area contributed by atoms with Crippen LogP contribution in [0.25, 0.3) is 0 Å². The van der Waals surface area contributed by atoms with Crippen molar-refractivity contribution in [2.45, 2.75) is 32.5 Å². The molecule has 1 N–H and O–H groups in total. The molecule has 1 unspecified atom stereocenters. The number of nitrogens with zero attached hydrogens (tertiary/aromatic N) is 1. The van der Waals surface area contributed by atoms with Gasteiger partial charge in [0.05, 0.1) is 11.3 Å². The molecule has 1 saturated heterocycles. The Hall–Kier alpha value is -2.05. The van der Waals surface area contributed by atoms with E-state index in [9.17, 15) is 18.0 Å². The van der Waals surface area contributed by atoms with Gasteiger partial charge in [-0.25, -0.2) is 0 Å². The fraction of sp³-hybridized carbons (Fsp3) is 0.381. The third-order valence-corrected chi connectivity index (χ3v) is 5.13. The van der Waals surface area contributed by atoms with E-state index >= 15 is 0 Å². The van der Waals surface area contributed by atoms with Gasteiger partial charge in [0.15, 0.2) is 0 Å². The summed E-state index contributed by atoms with van der Waals surface area (Å²) >= 11 is 5.67. The van der Waals surface area contributed by atoms with Gasteiger partial charge < -0.3 is 5.32 Å². The minimum absolute atomic E-state index is 0.0401. The van der Waals surface area contributed by atoms with Crippen molar-refractivity contribution in [1.82, 2.24) is 4.90 Å². The van der Waals surface area contributed by atoms with Gasteiger partial charge in [-0.05, 0) is 61.2 Å². The number of rotatable bonds is 4. The standard InChI is InChI=1S/C21H22ClF3N2O/c1-14-3-2-10-27(12-14)13-15-4-6-16(7-5-15)20(28)26-19-9-8-17(22)11-18(19)21(23,24)25/h4-9,11,14H,2-3,10,12-13H2,1H3,(H,26,28). The Labute approximate surface area is 167 Å². The molecule has 1 fully saturated rings. The van der Waals surface area contributed by atoms with E-state index in [4.69, 9.17) is 11.6 Å². The summed E-state index contributed by atoms with van der Waals surface area (Å²) in [4.78, 5) is 14.8. The summed E-state index contributed by atoms with van der Waals surface area (Å²) in [5, 5.41) is 2.30. The van der Waals surface area contributed by atoms with E-state index in [1.165, 1.54) is 18.9 Å². The molecule has 0 spiro atoms. The lowest BCUT2D eigenvalue weighted by Gasteiger charge is -2.30. The largest absolute Gasteiger partial charge is 0.418 e. The van der Waals surface area contributed by atoms with E-state index in [0.29, 0.717) is 11.5 Å². The van der Waals surface area contributed by atoms with Gasteiger partial charge in [0.2, 0.25) is 0 Å². The quantitative estimate of drug-likeness (QED) is 0.686. The zero-order chi connectivity index (χ0) is 20.3. The summed E-state index contributed by atoms with van der Waals surface area (Å²) in [6, 6.07) is 10.3. The lowest BCUT2D eigenvalue weighted by molar-refractivity contribution is -0.136. The van der Waals surface area contributed by atoms with E-state index < -0.39 is 17.6 Å². The molecule has 3 nitrogen and oxygen atoms in total. The lowest BCUT2D eigenvalue weighted by Crippen LogP contribution is -2.33. The number of carbonyl (C=O) groups excluding carboxylic acids is 1. The van der Waals surface area contributed by atoms with E-state index in [-0.39, 0.29) is 10.7 Å². The second-order valence-electron chi connectivity index (χ2n) is 7.32. The minimum atomic E-state index is -4.61. The Morgan fingerprint density at radius 2 is 1.93 bits per heavy atom. The number of carbonyl (C=O) groups is 1. The molecule has 0 aliphatic carbocycles. The Kier molecular flexibility index (Phi) is 6.30. The molecule has 0 bridgehead atoms. The first-order valence-corrected chi connectivity index (χ1v) is 9.59. The topological polar surface area (TPSA) is 32.3 Å². The molecule has 150 valence electrons. The van der Waals surface area contributed by atoms with Crippen molar-refractivity contribution < 1.29 is 18.0 Å². The molecule has 0 aromatic heterocycles. The second-order valence-corrected chi connectivity index (χ2v) is 7.76. The number of hydrogen-bond acceptors (Lipinski definition) is 2. The first-order chi connectivity index (χ1) is 13.2. The van der Waals surface area contributed by atoms with Gasteiger partial charge in [0.25, 0.3) is 5.91 Å². The van der Waals surface area contributed by atoms with Crippen LogP contribution < -0.4 is 5.32 Å². The van der Waals surface area contributed by atoms with Crippen LogP contribution in [-0.2, 0) is 12.7 Å². The molecule has 1 atom stereocenters. The molecule has 0 saturated carbocycles. The van der Waals surface area contributed by atoms with Crippen LogP contribution in [0, 0.1) is 5.92 Å². The van der Waals surface area contributed by atoms with Crippen LogP contribution in [0.5, 0.6) is 0 Å². The molecule has 2 aromatic carbocycles. The number of piperidine rings is 1. The smallest absolute Gasteiger partial charge is 0.321 e. The Morgan fingerprint density at radius 1 is 1.21 bits per heavy atom. The number of likely N-dealkylation sites (tertiary alicyclic amines) is 1. The van der Waals surface area contributed by atoms with Crippen molar-refractivity contribution >= 4 is 23.2 Å². The molecular weight excluding hydrogens is 389 g/mol. The van der Waals surface area contributed by atoms with E-state index in [2.05, 4.69) is 17.1 Å². The number of amides is 1. The molecule has 1 amide bonds. The summed E-state index contributed by atoms with van der Waals surface area (Å²) in [6.07, 6.45) is -2.17. The van der Waals surface area contributed by atoms with Crippen molar-refractivity contribution in [3.8, 4) is 0 Å². The molecule has 1 heterocycles. The lowest BCUT2D eigenvalue weighted by atomic mass is 9.99. The molecule has 28 heavy (non-hydrogen) atoms. The Bertz CT molecular complexity index is 837. The monoisotopic (exact) mass is 410 g/mol. The minimum Gasteiger partial charge on any atom is -0.321 e. The molecular formula is C21H22ClF3N2O. The number of anilines is 1. The molecule has 0 radical (unpaired) electrons. The van der Waals surface area contributed by atoms with Crippen molar-refractivity contribution in [2.24, 2.45) is 5.92 Å². The highest BCUT2D eigenvalue weighted by Crippen LogP contribution is 2.36. The fourth-order valence-corrected chi connectivity index (χ4v) is 3.68. The molecule has 1 aliphatic heterocycles. The van der Waals surface area contributed by atoms with E-state index in [1.54, 1.807) is 12.1 Å². The second kappa shape index (κ2) is 8.53. The SMILES string of the molecule is CC1CCCN(Cc2ccc(C(=O)Nc3ccc(Cl)cc3C(F)(F)F)cc2)C1. The Morgan fingerprint density at radius 3 is 2.57 bits per heavy atom. The summed E-state index contributed by atoms with van der Waals surface area (Å²) in [6.45, 7) is 5.16. The first-order valence-electron chi connectivity index (χ1n) is 9.22. The predicted molar refractivity (Wildman–Crippen MR) is 105 cm³/mol. The van der Waals surface area contributed by atoms with Gasteiger partial charge in [0.1, 0.15) is 0 Å². The third kappa shape index (κ3) is 5.26. The zero-order valence-corrected chi connectivity index (χ0v) is 16.3. The average Bonchev–Trinajstić information content (AvgIpc) is 2.63. The maximum atomic E-state index is 13.2. The number of benzene rings is 2. The van der Waals surface area contributed by atoms with Crippen LogP contribution in [0.4, 0.5) is 18.9 Å². The maximum absolute atomic E-state index is 13.2. The maximum Gasteiger partial charge on any atom is 0.418 e. The fourth-order valence-electron chi connectivity index (χ4n) is 3.50. The average molecular weight is 411 g/mol.